The van der Waals surface area contributed by atoms with Crippen molar-refractivity contribution in [2.24, 2.45) is 0 Å². The van der Waals surface area contributed by atoms with Gasteiger partial charge in [0.1, 0.15) is 0 Å². The van der Waals surface area contributed by atoms with E-state index in [0.29, 0.717) is 43.1 Å². The molecule has 0 saturated heterocycles. The van der Waals surface area contributed by atoms with E-state index in [9.17, 15) is 9.18 Å². The number of pyridine rings is 1. The van der Waals surface area contributed by atoms with E-state index in [1.54, 1.807) is 26.4 Å². The van der Waals surface area contributed by atoms with Gasteiger partial charge in [-0.25, -0.2) is 4.98 Å². The number of fused-ring (bicyclic) bond motifs is 2. The summed E-state index contributed by atoms with van der Waals surface area (Å²) < 4.78 is 25.4. The van der Waals surface area contributed by atoms with E-state index in [1.807, 2.05) is 29.2 Å². The Morgan fingerprint density at radius 3 is 2.54 bits per heavy atom. The smallest absolute Gasteiger partial charge is 0.240 e. The Hall–Kier alpha value is -3.45. The van der Waals surface area contributed by atoms with E-state index in [1.165, 1.54) is 22.9 Å². The van der Waals surface area contributed by atoms with Crippen LogP contribution in [0.2, 0.25) is 0 Å². The predicted octanol–water partition coefficient (Wildman–Crippen LogP) is 4.31. The van der Waals surface area contributed by atoms with E-state index in [-0.39, 0.29) is 18.0 Å². The Labute approximate surface area is 205 Å². The van der Waals surface area contributed by atoms with Crippen LogP contribution < -0.4 is 9.47 Å². The van der Waals surface area contributed by atoms with Crippen molar-refractivity contribution in [3.05, 3.63) is 88.5 Å². The molecule has 6 nitrogen and oxygen atoms in total. The number of rotatable bonds is 5. The molecule has 0 N–H and O–H groups in total. The molecule has 0 aliphatic carbocycles. The minimum absolute atomic E-state index is 0.0664. The Morgan fingerprint density at radius 2 is 1.80 bits per heavy atom. The van der Waals surface area contributed by atoms with E-state index in [4.69, 9.17) is 9.47 Å². The second-order valence-electron chi connectivity index (χ2n) is 9.21. The molecule has 0 bridgehead atoms. The number of ether oxygens (including phenoxy) is 2. The monoisotopic (exact) mass is 475 g/mol. The first-order valence-corrected chi connectivity index (χ1v) is 12.0. The summed E-state index contributed by atoms with van der Waals surface area (Å²) in [6, 6.07) is 15.2. The highest BCUT2D eigenvalue weighted by atomic mass is 19.1. The number of halogens is 1. The number of hydrogen-bond acceptors (Lipinski definition) is 5. The van der Waals surface area contributed by atoms with Gasteiger partial charge in [-0.05, 0) is 60.2 Å². The van der Waals surface area contributed by atoms with Crippen LogP contribution in [0.15, 0.2) is 54.7 Å². The standard InChI is InChI=1S/C28H30FN3O3/c1-18-23-15-26(35-3)25(34-2)14-20(23)10-12-32(18)28(33)24-13-19-7-4-5-8-21(19)16-31(24)17-22-9-6-11-30-27(22)29/h4-9,11,14-15,18,24H,10,12-13,16-17H2,1-3H3/t18-,24?/m1/s1. The van der Waals surface area contributed by atoms with Gasteiger partial charge in [0.2, 0.25) is 11.9 Å². The molecule has 0 radical (unpaired) electrons. The number of carbonyl (C=O) groups is 1. The van der Waals surface area contributed by atoms with Crippen LogP contribution in [0.5, 0.6) is 11.5 Å². The van der Waals surface area contributed by atoms with Gasteiger partial charge in [0.05, 0.1) is 26.3 Å². The van der Waals surface area contributed by atoms with Crippen LogP contribution in [0.1, 0.15) is 40.8 Å². The zero-order chi connectivity index (χ0) is 24.5. The Kier molecular flexibility index (Phi) is 6.43. The van der Waals surface area contributed by atoms with Gasteiger partial charge in [0.25, 0.3) is 0 Å². The Bertz CT molecular complexity index is 1250. The Balaban J connectivity index is 1.46. The molecule has 1 aromatic heterocycles. The zero-order valence-corrected chi connectivity index (χ0v) is 20.3. The van der Waals surface area contributed by atoms with Crippen molar-refractivity contribution < 1.29 is 18.7 Å². The SMILES string of the molecule is COc1cc2c(cc1OC)[C@@H](C)N(C(=O)C1Cc3ccccc3CN1Cc1cccnc1F)CC2. The molecule has 7 heteroatoms. The lowest BCUT2D eigenvalue weighted by molar-refractivity contribution is -0.140. The normalized spacial score (nSPS) is 19.6. The second-order valence-corrected chi connectivity index (χ2v) is 9.21. The first-order valence-electron chi connectivity index (χ1n) is 12.0. The zero-order valence-electron chi connectivity index (χ0n) is 20.3. The number of methoxy groups -OCH3 is 2. The van der Waals surface area contributed by atoms with Gasteiger partial charge in [-0.2, -0.15) is 4.39 Å². The largest absolute Gasteiger partial charge is 0.493 e. The van der Waals surface area contributed by atoms with Crippen LogP contribution in [0.25, 0.3) is 0 Å². The van der Waals surface area contributed by atoms with Gasteiger partial charge in [-0.3, -0.25) is 9.69 Å². The molecule has 0 fully saturated rings. The van der Waals surface area contributed by atoms with Crippen molar-refractivity contribution in [2.45, 2.75) is 44.9 Å². The highest BCUT2D eigenvalue weighted by molar-refractivity contribution is 5.83. The molecule has 35 heavy (non-hydrogen) atoms. The summed E-state index contributed by atoms with van der Waals surface area (Å²) in [5.41, 5.74) is 5.09. The molecule has 2 aliphatic heterocycles. The third-order valence-corrected chi connectivity index (χ3v) is 7.31. The molecule has 0 saturated carbocycles. The van der Waals surface area contributed by atoms with Gasteiger partial charge >= 0.3 is 0 Å². The number of benzene rings is 2. The van der Waals surface area contributed by atoms with Gasteiger partial charge in [0, 0.05) is 31.4 Å². The fraction of sp³-hybridized carbons (Fsp3) is 0.357. The van der Waals surface area contributed by atoms with Gasteiger partial charge in [-0.1, -0.05) is 30.3 Å². The maximum atomic E-state index is 14.4. The van der Waals surface area contributed by atoms with E-state index < -0.39 is 5.95 Å². The van der Waals surface area contributed by atoms with Crippen LogP contribution in [0, 0.1) is 5.95 Å². The lowest BCUT2D eigenvalue weighted by Crippen LogP contribution is -2.53. The molecule has 1 amide bonds. The summed E-state index contributed by atoms with van der Waals surface area (Å²) in [5.74, 6) is 0.940. The number of carbonyl (C=O) groups excluding carboxylic acids is 1. The van der Waals surface area contributed by atoms with Crippen molar-refractivity contribution in [2.75, 3.05) is 20.8 Å². The first kappa shape index (κ1) is 23.3. The molecule has 3 aromatic rings. The summed E-state index contributed by atoms with van der Waals surface area (Å²) in [6.45, 7) is 3.60. The van der Waals surface area contributed by atoms with Crippen LogP contribution in [0.4, 0.5) is 4.39 Å². The molecule has 2 aromatic carbocycles. The fourth-order valence-corrected chi connectivity index (χ4v) is 5.38. The quantitative estimate of drug-likeness (QED) is 0.515. The highest BCUT2D eigenvalue weighted by Crippen LogP contribution is 2.39. The van der Waals surface area contributed by atoms with E-state index >= 15 is 0 Å². The first-order chi connectivity index (χ1) is 17.0. The Morgan fingerprint density at radius 1 is 1.06 bits per heavy atom. The van der Waals surface area contributed by atoms with Crippen molar-refractivity contribution in [1.29, 1.82) is 0 Å². The van der Waals surface area contributed by atoms with Gasteiger partial charge in [0.15, 0.2) is 11.5 Å². The van der Waals surface area contributed by atoms with Crippen LogP contribution in [-0.4, -0.2) is 47.5 Å². The number of hydrogen-bond donors (Lipinski definition) is 0. The lowest BCUT2D eigenvalue weighted by Gasteiger charge is -2.42. The van der Waals surface area contributed by atoms with Crippen LogP contribution in [0.3, 0.4) is 0 Å². The van der Waals surface area contributed by atoms with Crippen molar-refractivity contribution in [3.63, 3.8) is 0 Å². The number of amides is 1. The average molecular weight is 476 g/mol. The topological polar surface area (TPSA) is 54.9 Å². The van der Waals surface area contributed by atoms with Crippen molar-refractivity contribution in [3.8, 4) is 11.5 Å². The molecule has 3 heterocycles. The van der Waals surface area contributed by atoms with Crippen molar-refractivity contribution in [1.82, 2.24) is 14.8 Å². The van der Waals surface area contributed by atoms with E-state index in [2.05, 4.69) is 28.9 Å². The molecule has 0 spiro atoms. The molecule has 5 rings (SSSR count). The second kappa shape index (κ2) is 9.66. The predicted molar refractivity (Wildman–Crippen MR) is 131 cm³/mol. The third-order valence-electron chi connectivity index (χ3n) is 7.31. The lowest BCUT2D eigenvalue weighted by atomic mass is 9.89. The third kappa shape index (κ3) is 4.36. The summed E-state index contributed by atoms with van der Waals surface area (Å²) in [7, 11) is 3.25. The fourth-order valence-electron chi connectivity index (χ4n) is 5.38. The molecule has 182 valence electrons. The summed E-state index contributed by atoms with van der Waals surface area (Å²) in [6.07, 6.45) is 2.79. The minimum atomic E-state index is -0.487. The van der Waals surface area contributed by atoms with Gasteiger partial charge in [-0.15, -0.1) is 0 Å². The summed E-state index contributed by atoms with van der Waals surface area (Å²) in [4.78, 5) is 21.9. The van der Waals surface area contributed by atoms with Gasteiger partial charge < -0.3 is 14.4 Å². The summed E-state index contributed by atoms with van der Waals surface area (Å²) in [5, 5.41) is 0. The number of nitrogens with zero attached hydrogens (tertiary/aromatic N) is 3. The minimum Gasteiger partial charge on any atom is -0.493 e. The molecular weight excluding hydrogens is 445 g/mol. The molecule has 2 atom stereocenters. The average Bonchev–Trinajstić information content (AvgIpc) is 2.88. The van der Waals surface area contributed by atoms with Crippen LogP contribution in [-0.2, 0) is 30.7 Å². The van der Waals surface area contributed by atoms with Crippen LogP contribution >= 0.6 is 0 Å². The van der Waals surface area contributed by atoms with E-state index in [0.717, 1.165) is 12.0 Å². The molecule has 1 unspecified atom stereocenters. The molecular formula is C28H30FN3O3. The maximum absolute atomic E-state index is 14.4. The molecule has 2 aliphatic rings. The number of aromatic nitrogens is 1. The summed E-state index contributed by atoms with van der Waals surface area (Å²) >= 11 is 0. The highest BCUT2D eigenvalue weighted by Gasteiger charge is 2.38. The van der Waals surface area contributed by atoms with Crippen molar-refractivity contribution >= 4 is 5.91 Å². The maximum Gasteiger partial charge on any atom is 0.240 e.